The van der Waals surface area contributed by atoms with Gasteiger partial charge in [0.2, 0.25) is 0 Å². The highest BCUT2D eigenvalue weighted by Crippen LogP contribution is 2.07. The van der Waals surface area contributed by atoms with Crippen LogP contribution in [0.1, 0.15) is 21.5 Å². The van der Waals surface area contributed by atoms with Crippen LogP contribution >= 0.6 is 0 Å². The van der Waals surface area contributed by atoms with E-state index in [9.17, 15) is 4.79 Å². The number of hydrogen-bond acceptors (Lipinski definition) is 3. The van der Waals surface area contributed by atoms with Gasteiger partial charge in [0.1, 0.15) is 0 Å². The topological polar surface area (TPSA) is 68.0 Å². The molecule has 0 atom stereocenters. The Hall–Kier alpha value is -2.36. The van der Waals surface area contributed by atoms with Gasteiger partial charge in [-0.25, -0.2) is 0 Å². The Morgan fingerprint density at radius 1 is 1.28 bits per heavy atom. The third kappa shape index (κ3) is 2.85. The van der Waals surface area contributed by atoms with Crippen LogP contribution in [0.15, 0.2) is 42.7 Å². The van der Waals surface area contributed by atoms with Gasteiger partial charge in [-0.15, -0.1) is 0 Å². The number of hydrogen-bond donors (Lipinski definition) is 2. The molecule has 0 unspecified atom stereocenters. The number of benzene rings is 1. The summed E-state index contributed by atoms with van der Waals surface area (Å²) < 4.78 is 0. The van der Waals surface area contributed by atoms with E-state index < -0.39 is 0 Å². The molecule has 2 rings (SSSR count). The largest absolute Gasteiger partial charge is 0.399 e. The van der Waals surface area contributed by atoms with Crippen LogP contribution in [0.3, 0.4) is 0 Å². The lowest BCUT2D eigenvalue weighted by molar-refractivity contribution is 0.0951. The maximum atomic E-state index is 11.9. The molecule has 92 valence electrons. The Morgan fingerprint density at radius 2 is 2.00 bits per heavy atom. The van der Waals surface area contributed by atoms with Crippen molar-refractivity contribution in [2.75, 3.05) is 5.73 Å². The highest BCUT2D eigenvalue weighted by Gasteiger charge is 2.05. The monoisotopic (exact) mass is 241 g/mol. The van der Waals surface area contributed by atoms with Crippen LogP contribution in [0, 0.1) is 6.92 Å². The van der Waals surface area contributed by atoms with Gasteiger partial charge in [-0.05, 0) is 48.4 Å². The molecule has 0 aliphatic carbocycles. The van der Waals surface area contributed by atoms with E-state index >= 15 is 0 Å². The van der Waals surface area contributed by atoms with Crippen molar-refractivity contribution in [1.82, 2.24) is 10.3 Å². The molecule has 0 saturated heterocycles. The fourth-order valence-corrected chi connectivity index (χ4v) is 1.59. The molecule has 0 fully saturated rings. The molecule has 0 spiro atoms. The molecular weight excluding hydrogens is 226 g/mol. The van der Waals surface area contributed by atoms with Crippen LogP contribution in [-0.4, -0.2) is 10.9 Å². The molecule has 0 radical (unpaired) electrons. The number of nitrogen functional groups attached to an aromatic ring is 1. The molecule has 0 bridgehead atoms. The number of aromatic nitrogens is 1. The number of nitrogens with zero attached hydrogens (tertiary/aromatic N) is 1. The van der Waals surface area contributed by atoms with Gasteiger partial charge in [-0.1, -0.05) is 0 Å². The highest BCUT2D eigenvalue weighted by molar-refractivity contribution is 5.94. The summed E-state index contributed by atoms with van der Waals surface area (Å²) in [4.78, 5) is 15.9. The standard InChI is InChI=1S/C14H15N3O/c1-10-6-7-16-8-12(10)9-17-14(18)11-2-4-13(15)5-3-11/h2-8H,9,15H2,1H3,(H,17,18). The van der Waals surface area contributed by atoms with Gasteiger partial charge in [0.25, 0.3) is 5.91 Å². The number of carbonyl (C=O) groups excluding carboxylic acids is 1. The maximum absolute atomic E-state index is 11.9. The van der Waals surface area contributed by atoms with Gasteiger partial charge in [-0.2, -0.15) is 0 Å². The fourth-order valence-electron chi connectivity index (χ4n) is 1.59. The summed E-state index contributed by atoms with van der Waals surface area (Å²) >= 11 is 0. The second-order valence-electron chi connectivity index (χ2n) is 4.11. The third-order valence-corrected chi connectivity index (χ3v) is 2.76. The molecule has 1 aromatic heterocycles. The zero-order valence-corrected chi connectivity index (χ0v) is 10.2. The summed E-state index contributed by atoms with van der Waals surface area (Å²) in [6, 6.07) is 8.76. The van der Waals surface area contributed by atoms with E-state index in [0.29, 0.717) is 17.8 Å². The highest BCUT2D eigenvalue weighted by atomic mass is 16.1. The normalized spacial score (nSPS) is 10.1. The number of nitrogens with one attached hydrogen (secondary N) is 1. The van der Waals surface area contributed by atoms with E-state index in [1.54, 1.807) is 36.7 Å². The number of nitrogens with two attached hydrogens (primary N) is 1. The van der Waals surface area contributed by atoms with Crippen molar-refractivity contribution >= 4 is 11.6 Å². The predicted octanol–water partition coefficient (Wildman–Crippen LogP) is 1.90. The summed E-state index contributed by atoms with van der Waals surface area (Å²) in [5, 5.41) is 2.86. The molecule has 3 N–H and O–H groups in total. The first-order valence-corrected chi connectivity index (χ1v) is 5.70. The smallest absolute Gasteiger partial charge is 0.251 e. The zero-order valence-electron chi connectivity index (χ0n) is 10.2. The van der Waals surface area contributed by atoms with E-state index in [1.165, 1.54) is 0 Å². The second kappa shape index (κ2) is 5.31. The van der Waals surface area contributed by atoms with E-state index in [0.717, 1.165) is 11.1 Å². The van der Waals surface area contributed by atoms with E-state index in [1.807, 2.05) is 13.0 Å². The average Bonchev–Trinajstić information content (AvgIpc) is 2.38. The molecule has 0 saturated carbocycles. The van der Waals surface area contributed by atoms with Crippen LogP contribution in [0.5, 0.6) is 0 Å². The van der Waals surface area contributed by atoms with Crippen LogP contribution in [-0.2, 0) is 6.54 Å². The molecule has 1 amide bonds. The van der Waals surface area contributed by atoms with Gasteiger partial charge in [0.15, 0.2) is 0 Å². The van der Waals surface area contributed by atoms with Crippen molar-refractivity contribution in [2.45, 2.75) is 13.5 Å². The van der Waals surface area contributed by atoms with Gasteiger partial charge >= 0.3 is 0 Å². The van der Waals surface area contributed by atoms with Gasteiger partial charge in [0.05, 0.1) is 0 Å². The average molecular weight is 241 g/mol. The van der Waals surface area contributed by atoms with Crippen molar-refractivity contribution in [2.24, 2.45) is 0 Å². The number of pyridine rings is 1. The minimum Gasteiger partial charge on any atom is -0.399 e. The van der Waals surface area contributed by atoms with Gasteiger partial charge < -0.3 is 11.1 Å². The lowest BCUT2D eigenvalue weighted by Gasteiger charge is -2.07. The number of rotatable bonds is 3. The number of carbonyl (C=O) groups is 1. The van der Waals surface area contributed by atoms with Crippen molar-refractivity contribution in [3.05, 3.63) is 59.4 Å². The van der Waals surface area contributed by atoms with Gasteiger partial charge in [-0.3, -0.25) is 9.78 Å². The summed E-state index contributed by atoms with van der Waals surface area (Å²) in [6.07, 6.45) is 3.50. The Labute approximate surface area is 106 Å². The minimum atomic E-state index is -0.113. The Kier molecular flexibility index (Phi) is 3.57. The van der Waals surface area contributed by atoms with E-state index in [4.69, 9.17) is 5.73 Å². The lowest BCUT2D eigenvalue weighted by atomic mass is 10.1. The molecular formula is C14H15N3O. The molecule has 0 aliphatic rings. The first kappa shape index (κ1) is 12.1. The predicted molar refractivity (Wildman–Crippen MR) is 71.0 cm³/mol. The lowest BCUT2D eigenvalue weighted by Crippen LogP contribution is -2.23. The first-order valence-electron chi connectivity index (χ1n) is 5.70. The molecule has 4 heteroatoms. The molecule has 1 aromatic carbocycles. The first-order chi connectivity index (χ1) is 8.66. The second-order valence-corrected chi connectivity index (χ2v) is 4.11. The Balaban J connectivity index is 2.01. The number of aryl methyl sites for hydroxylation is 1. The molecule has 18 heavy (non-hydrogen) atoms. The third-order valence-electron chi connectivity index (χ3n) is 2.76. The fraction of sp³-hybridized carbons (Fsp3) is 0.143. The molecule has 0 aliphatic heterocycles. The van der Waals surface area contributed by atoms with E-state index in [2.05, 4.69) is 10.3 Å². The summed E-state index contributed by atoms with van der Waals surface area (Å²) in [6.45, 7) is 2.47. The summed E-state index contributed by atoms with van der Waals surface area (Å²) in [5.41, 5.74) is 8.95. The Morgan fingerprint density at radius 3 is 2.67 bits per heavy atom. The molecule has 1 heterocycles. The zero-order chi connectivity index (χ0) is 13.0. The quantitative estimate of drug-likeness (QED) is 0.806. The summed E-state index contributed by atoms with van der Waals surface area (Å²) in [5.74, 6) is -0.113. The van der Waals surface area contributed by atoms with Crippen molar-refractivity contribution < 1.29 is 4.79 Å². The van der Waals surface area contributed by atoms with Crippen LogP contribution in [0.2, 0.25) is 0 Å². The maximum Gasteiger partial charge on any atom is 0.251 e. The number of amides is 1. The summed E-state index contributed by atoms with van der Waals surface area (Å²) in [7, 11) is 0. The van der Waals surface area contributed by atoms with Crippen LogP contribution in [0.4, 0.5) is 5.69 Å². The van der Waals surface area contributed by atoms with Crippen LogP contribution < -0.4 is 11.1 Å². The van der Waals surface area contributed by atoms with E-state index in [-0.39, 0.29) is 5.91 Å². The minimum absolute atomic E-state index is 0.113. The van der Waals surface area contributed by atoms with Crippen LogP contribution in [0.25, 0.3) is 0 Å². The SMILES string of the molecule is Cc1ccncc1CNC(=O)c1ccc(N)cc1. The molecule has 4 nitrogen and oxygen atoms in total. The molecule has 2 aromatic rings. The number of anilines is 1. The Bertz CT molecular complexity index is 549. The van der Waals surface area contributed by atoms with Gasteiger partial charge in [0, 0.05) is 30.2 Å². The van der Waals surface area contributed by atoms with Crippen molar-refractivity contribution in [1.29, 1.82) is 0 Å². The van der Waals surface area contributed by atoms with Crippen molar-refractivity contribution in [3.63, 3.8) is 0 Å². The van der Waals surface area contributed by atoms with Crippen molar-refractivity contribution in [3.8, 4) is 0 Å².